The van der Waals surface area contributed by atoms with E-state index in [1.54, 1.807) is 35.0 Å². The minimum Gasteiger partial charge on any atom is -0.488 e. The summed E-state index contributed by atoms with van der Waals surface area (Å²) in [6.45, 7) is 2.68. The first kappa shape index (κ1) is 20.1. The minimum atomic E-state index is -0.440. The molecular formula is C22H20N4O5. The van der Waals surface area contributed by atoms with Crippen LogP contribution in [-0.4, -0.2) is 25.9 Å². The summed E-state index contributed by atoms with van der Waals surface area (Å²) in [4.78, 5) is 30.0. The Hall–Kier alpha value is -4.14. The van der Waals surface area contributed by atoms with Crippen molar-refractivity contribution in [2.45, 2.75) is 20.0 Å². The van der Waals surface area contributed by atoms with Crippen molar-refractivity contribution in [3.05, 3.63) is 87.1 Å². The molecule has 0 amide bonds. The highest BCUT2D eigenvalue weighted by atomic mass is 16.6. The van der Waals surface area contributed by atoms with Gasteiger partial charge in [0.05, 0.1) is 29.1 Å². The van der Waals surface area contributed by atoms with Crippen LogP contribution in [0.15, 0.2) is 65.8 Å². The van der Waals surface area contributed by atoms with E-state index in [1.165, 1.54) is 18.3 Å². The number of nitrogens with zero attached hydrogens (tertiary/aromatic N) is 3. The lowest BCUT2D eigenvalue weighted by atomic mass is 10.2. The van der Waals surface area contributed by atoms with Crippen molar-refractivity contribution in [3.63, 3.8) is 0 Å². The van der Waals surface area contributed by atoms with E-state index < -0.39 is 4.92 Å². The van der Waals surface area contributed by atoms with E-state index in [4.69, 9.17) is 9.47 Å². The number of fused-ring (bicyclic) bond motifs is 1. The number of nitro groups is 1. The number of H-pyrrole nitrogens is 1. The van der Waals surface area contributed by atoms with Gasteiger partial charge in [-0.25, -0.2) is 4.98 Å². The predicted molar refractivity (Wildman–Crippen MR) is 114 cm³/mol. The normalized spacial score (nSPS) is 10.9. The number of hydrogen-bond donors (Lipinski definition) is 1. The van der Waals surface area contributed by atoms with Crippen LogP contribution >= 0.6 is 0 Å². The lowest BCUT2D eigenvalue weighted by molar-refractivity contribution is -0.385. The molecule has 1 aromatic carbocycles. The van der Waals surface area contributed by atoms with Crippen LogP contribution in [-0.2, 0) is 6.61 Å². The summed E-state index contributed by atoms with van der Waals surface area (Å²) in [6.07, 6.45) is 5.55. The van der Waals surface area contributed by atoms with E-state index in [1.807, 2.05) is 19.1 Å². The zero-order chi connectivity index (χ0) is 21.8. The summed E-state index contributed by atoms with van der Waals surface area (Å²) >= 11 is 0. The Labute approximate surface area is 177 Å². The van der Waals surface area contributed by atoms with Crippen LogP contribution in [0.25, 0.3) is 16.9 Å². The summed E-state index contributed by atoms with van der Waals surface area (Å²) in [6, 6.07) is 11.8. The highest BCUT2D eigenvalue weighted by Gasteiger charge is 2.10. The lowest BCUT2D eigenvalue weighted by Crippen LogP contribution is -2.11. The number of nitrogens with one attached hydrogen (secondary N) is 1. The summed E-state index contributed by atoms with van der Waals surface area (Å²) in [5.74, 6) is 0.933. The molecule has 0 saturated heterocycles. The Morgan fingerprint density at radius 1 is 1.13 bits per heavy atom. The van der Waals surface area contributed by atoms with E-state index in [2.05, 4.69) is 9.97 Å². The van der Waals surface area contributed by atoms with Crippen LogP contribution in [0.3, 0.4) is 0 Å². The molecule has 0 aliphatic rings. The topological polar surface area (TPSA) is 112 Å². The van der Waals surface area contributed by atoms with E-state index >= 15 is 0 Å². The molecule has 3 heterocycles. The van der Waals surface area contributed by atoms with Crippen molar-refractivity contribution in [2.75, 3.05) is 6.61 Å². The van der Waals surface area contributed by atoms with Crippen molar-refractivity contribution < 1.29 is 14.4 Å². The monoisotopic (exact) mass is 420 g/mol. The second-order valence-corrected chi connectivity index (χ2v) is 6.88. The van der Waals surface area contributed by atoms with Crippen LogP contribution in [0.5, 0.6) is 11.5 Å². The molecule has 4 rings (SSSR count). The zero-order valence-electron chi connectivity index (χ0n) is 16.8. The third-order valence-electron chi connectivity index (χ3n) is 4.59. The highest BCUT2D eigenvalue weighted by Crippen LogP contribution is 2.24. The largest absolute Gasteiger partial charge is 0.488 e. The zero-order valence-corrected chi connectivity index (χ0v) is 16.8. The van der Waals surface area contributed by atoms with Crippen LogP contribution in [0, 0.1) is 10.1 Å². The van der Waals surface area contributed by atoms with Gasteiger partial charge >= 0.3 is 0 Å². The first-order valence-corrected chi connectivity index (χ1v) is 9.74. The summed E-state index contributed by atoms with van der Waals surface area (Å²) in [5.41, 5.74) is 2.62. The van der Waals surface area contributed by atoms with E-state index in [-0.39, 0.29) is 17.7 Å². The summed E-state index contributed by atoms with van der Waals surface area (Å²) < 4.78 is 12.7. The maximum Gasteiger partial charge on any atom is 0.286 e. The molecule has 0 fully saturated rings. The molecule has 4 aromatic rings. The fourth-order valence-electron chi connectivity index (χ4n) is 3.02. The lowest BCUT2D eigenvalue weighted by Gasteiger charge is -2.08. The molecule has 0 radical (unpaired) electrons. The van der Waals surface area contributed by atoms with Crippen LogP contribution in [0.1, 0.15) is 19.0 Å². The molecular weight excluding hydrogens is 400 g/mol. The molecule has 31 heavy (non-hydrogen) atoms. The standard InChI is InChI=1S/C22H20N4O5/c1-2-9-30-21-11-23-16(10-20(21)27)14-31-18-6-3-15(4-7-18)19-13-25-12-17(26(28)29)5-8-22(25)24-19/h3-8,10-13H,2,9,14H2,1H3,(H,23,27). The number of benzene rings is 1. The minimum absolute atomic E-state index is 0.00296. The second-order valence-electron chi connectivity index (χ2n) is 6.88. The summed E-state index contributed by atoms with van der Waals surface area (Å²) in [5, 5.41) is 10.9. The fraction of sp³-hybridized carbons (Fsp3) is 0.182. The van der Waals surface area contributed by atoms with E-state index in [9.17, 15) is 14.9 Å². The number of aromatic nitrogens is 3. The number of imidazole rings is 1. The number of aromatic amines is 1. The van der Waals surface area contributed by atoms with Gasteiger partial charge in [-0.05, 0) is 36.8 Å². The van der Waals surface area contributed by atoms with Gasteiger partial charge in [-0.1, -0.05) is 6.92 Å². The molecule has 1 N–H and O–H groups in total. The molecule has 0 aliphatic carbocycles. The molecule has 0 unspecified atom stereocenters. The quantitative estimate of drug-likeness (QED) is 0.341. The Balaban J connectivity index is 1.44. The molecule has 0 atom stereocenters. The number of hydrogen-bond acceptors (Lipinski definition) is 6. The molecule has 9 nitrogen and oxygen atoms in total. The maximum atomic E-state index is 12.0. The molecule has 0 bridgehead atoms. The number of ether oxygens (including phenoxy) is 2. The van der Waals surface area contributed by atoms with Gasteiger partial charge in [0.25, 0.3) is 5.69 Å². The van der Waals surface area contributed by atoms with Crippen molar-refractivity contribution in [1.82, 2.24) is 14.4 Å². The Morgan fingerprint density at radius 3 is 2.65 bits per heavy atom. The SMILES string of the molecule is CCCOc1c[nH]c(COc2ccc(-c3cn4cc([N+](=O)[O-])ccc4n3)cc2)cc1=O. The van der Waals surface area contributed by atoms with Gasteiger partial charge < -0.3 is 14.5 Å². The number of rotatable bonds is 8. The van der Waals surface area contributed by atoms with Crippen molar-refractivity contribution in [2.24, 2.45) is 0 Å². The molecule has 0 aliphatic heterocycles. The van der Waals surface area contributed by atoms with Crippen LogP contribution in [0.2, 0.25) is 0 Å². The van der Waals surface area contributed by atoms with Gasteiger partial charge in [-0.2, -0.15) is 0 Å². The van der Waals surface area contributed by atoms with Gasteiger partial charge in [-0.15, -0.1) is 0 Å². The molecule has 9 heteroatoms. The van der Waals surface area contributed by atoms with E-state index in [0.29, 0.717) is 35.1 Å². The third kappa shape index (κ3) is 4.55. The number of pyridine rings is 2. The smallest absolute Gasteiger partial charge is 0.286 e. The highest BCUT2D eigenvalue weighted by molar-refractivity contribution is 5.63. The Bertz CT molecular complexity index is 1280. The van der Waals surface area contributed by atoms with Gasteiger partial charge in [0.15, 0.2) is 5.75 Å². The van der Waals surface area contributed by atoms with Crippen molar-refractivity contribution >= 4 is 11.3 Å². The van der Waals surface area contributed by atoms with Gasteiger partial charge in [-0.3, -0.25) is 19.3 Å². The summed E-state index contributed by atoms with van der Waals surface area (Å²) in [7, 11) is 0. The van der Waals surface area contributed by atoms with Crippen LogP contribution in [0.4, 0.5) is 5.69 Å². The Morgan fingerprint density at radius 2 is 1.94 bits per heavy atom. The third-order valence-corrected chi connectivity index (χ3v) is 4.59. The molecule has 0 saturated carbocycles. The van der Waals surface area contributed by atoms with E-state index in [0.717, 1.165) is 12.0 Å². The first-order chi connectivity index (χ1) is 15.0. The molecule has 158 valence electrons. The Kier molecular flexibility index (Phi) is 5.65. The van der Waals surface area contributed by atoms with Gasteiger partial charge in [0.1, 0.15) is 18.0 Å². The average Bonchev–Trinajstić information content (AvgIpc) is 3.21. The first-order valence-electron chi connectivity index (χ1n) is 9.74. The van der Waals surface area contributed by atoms with Crippen molar-refractivity contribution in [1.29, 1.82) is 0 Å². The molecule has 3 aromatic heterocycles. The maximum absolute atomic E-state index is 12.0. The average molecular weight is 420 g/mol. The van der Waals surface area contributed by atoms with Crippen LogP contribution < -0.4 is 14.9 Å². The predicted octanol–water partition coefficient (Wildman–Crippen LogP) is 3.97. The molecule has 0 spiro atoms. The van der Waals surface area contributed by atoms with Gasteiger partial charge in [0, 0.05) is 30.1 Å². The van der Waals surface area contributed by atoms with Crippen molar-refractivity contribution in [3.8, 4) is 22.8 Å². The second kappa shape index (κ2) is 8.70. The van der Waals surface area contributed by atoms with Gasteiger partial charge in [0.2, 0.25) is 5.43 Å². The fourth-order valence-corrected chi connectivity index (χ4v) is 3.02.